The van der Waals surface area contributed by atoms with E-state index >= 15 is 0 Å². The number of hydrogen-bond acceptors (Lipinski definition) is 4. The number of amides is 2. The van der Waals surface area contributed by atoms with E-state index in [0.29, 0.717) is 19.5 Å². The summed E-state index contributed by atoms with van der Waals surface area (Å²) in [6.07, 6.45) is 6.48. The molecule has 0 bridgehead atoms. The lowest BCUT2D eigenvalue weighted by atomic mass is 10.2. The number of fused-ring (bicyclic) bond motifs is 1. The number of aromatic nitrogens is 3. The number of hydrogen-bond donors (Lipinski definition) is 2. The Morgan fingerprint density at radius 1 is 1.42 bits per heavy atom. The van der Waals surface area contributed by atoms with Gasteiger partial charge in [0.25, 0.3) is 0 Å². The molecular weight excluding hydrogens is 322 g/mol. The van der Waals surface area contributed by atoms with Gasteiger partial charge in [0.1, 0.15) is 5.65 Å². The summed E-state index contributed by atoms with van der Waals surface area (Å²) in [5.74, 6) is 0.220. The summed E-state index contributed by atoms with van der Waals surface area (Å²) >= 11 is 1.61. The van der Waals surface area contributed by atoms with Crippen LogP contribution in [-0.4, -0.2) is 33.5 Å². The second-order valence-corrected chi connectivity index (χ2v) is 6.74. The molecule has 0 saturated heterocycles. The minimum atomic E-state index is -0.154. The van der Waals surface area contributed by atoms with Crippen molar-refractivity contribution < 1.29 is 4.79 Å². The van der Waals surface area contributed by atoms with Gasteiger partial charge in [-0.3, -0.25) is 0 Å². The quantitative estimate of drug-likeness (QED) is 0.723. The Labute approximate surface area is 145 Å². The Kier molecular flexibility index (Phi) is 5.10. The zero-order chi connectivity index (χ0) is 16.9. The number of nitrogens with zero attached hydrogens (tertiary/aromatic N) is 3. The smallest absolute Gasteiger partial charge is 0.314 e. The van der Waals surface area contributed by atoms with Gasteiger partial charge in [0.2, 0.25) is 0 Å². The van der Waals surface area contributed by atoms with Crippen molar-refractivity contribution >= 4 is 23.0 Å². The zero-order valence-corrected chi connectivity index (χ0v) is 14.6. The molecule has 126 valence electrons. The van der Waals surface area contributed by atoms with Gasteiger partial charge in [0, 0.05) is 49.4 Å². The van der Waals surface area contributed by atoms with Crippen molar-refractivity contribution in [2.24, 2.45) is 0 Å². The molecule has 3 heterocycles. The maximum absolute atomic E-state index is 11.9. The van der Waals surface area contributed by atoms with Crippen LogP contribution in [0.3, 0.4) is 0 Å². The number of pyridine rings is 1. The first kappa shape index (κ1) is 16.4. The summed E-state index contributed by atoms with van der Waals surface area (Å²) < 4.78 is 2.01. The van der Waals surface area contributed by atoms with Crippen molar-refractivity contribution in [1.29, 1.82) is 0 Å². The van der Waals surface area contributed by atoms with Crippen molar-refractivity contribution in [1.82, 2.24) is 25.0 Å². The molecule has 0 aliphatic heterocycles. The second kappa shape index (κ2) is 7.44. The number of carbonyl (C=O) groups is 1. The van der Waals surface area contributed by atoms with Crippen LogP contribution in [0.5, 0.6) is 0 Å². The van der Waals surface area contributed by atoms with Crippen molar-refractivity contribution in [3.63, 3.8) is 0 Å². The monoisotopic (exact) mass is 343 g/mol. The van der Waals surface area contributed by atoms with E-state index in [1.54, 1.807) is 17.5 Å². The predicted octanol–water partition coefficient (Wildman–Crippen LogP) is 2.74. The molecule has 24 heavy (non-hydrogen) atoms. The van der Waals surface area contributed by atoms with Crippen LogP contribution in [0, 0.1) is 6.92 Å². The highest BCUT2D eigenvalue weighted by Gasteiger charge is 2.10. The van der Waals surface area contributed by atoms with E-state index in [1.807, 2.05) is 41.2 Å². The molecule has 3 aromatic rings. The van der Waals surface area contributed by atoms with E-state index in [2.05, 4.69) is 27.5 Å². The molecule has 0 aromatic carbocycles. The largest absolute Gasteiger partial charge is 0.338 e. The first-order valence-electron chi connectivity index (χ1n) is 7.98. The molecular formula is C17H21N5OS. The molecule has 0 unspecified atom stereocenters. The Bertz CT molecular complexity index is 812. The van der Waals surface area contributed by atoms with Gasteiger partial charge in [0.05, 0.1) is 10.7 Å². The summed E-state index contributed by atoms with van der Waals surface area (Å²) in [6, 6.07) is 3.89. The van der Waals surface area contributed by atoms with Crippen LogP contribution in [0.2, 0.25) is 0 Å². The molecule has 3 rings (SSSR count). The lowest BCUT2D eigenvalue weighted by Crippen LogP contribution is -2.38. The average Bonchev–Trinajstić information content (AvgIpc) is 3.22. The number of nitrogens with one attached hydrogen (secondary N) is 2. The van der Waals surface area contributed by atoms with E-state index in [1.165, 1.54) is 0 Å². The first-order valence-corrected chi connectivity index (χ1v) is 8.85. The number of rotatable bonds is 6. The van der Waals surface area contributed by atoms with Crippen LogP contribution < -0.4 is 10.6 Å². The maximum Gasteiger partial charge on any atom is 0.314 e. The van der Waals surface area contributed by atoms with E-state index in [0.717, 1.165) is 21.9 Å². The molecule has 0 aliphatic rings. The Hall–Kier alpha value is -2.41. The van der Waals surface area contributed by atoms with Gasteiger partial charge in [-0.25, -0.2) is 14.8 Å². The number of imidazole rings is 1. The van der Waals surface area contributed by atoms with Gasteiger partial charge >= 0.3 is 6.03 Å². The molecule has 6 nitrogen and oxygen atoms in total. The van der Waals surface area contributed by atoms with Crippen LogP contribution in [0.4, 0.5) is 4.79 Å². The van der Waals surface area contributed by atoms with E-state index < -0.39 is 0 Å². The van der Waals surface area contributed by atoms with E-state index in [-0.39, 0.29) is 11.9 Å². The van der Waals surface area contributed by atoms with Crippen molar-refractivity contribution in [3.8, 4) is 0 Å². The molecule has 2 N–H and O–H groups in total. The molecule has 0 aliphatic carbocycles. The molecule has 0 spiro atoms. The average molecular weight is 343 g/mol. The van der Waals surface area contributed by atoms with Crippen LogP contribution in [-0.2, 0) is 6.42 Å². The highest BCUT2D eigenvalue weighted by Crippen LogP contribution is 2.16. The maximum atomic E-state index is 11.9. The zero-order valence-electron chi connectivity index (χ0n) is 13.8. The molecule has 7 heteroatoms. The Morgan fingerprint density at radius 3 is 3.04 bits per heavy atom. The fourth-order valence-electron chi connectivity index (χ4n) is 2.50. The van der Waals surface area contributed by atoms with Crippen LogP contribution >= 0.6 is 11.3 Å². The molecule has 0 saturated carbocycles. The summed E-state index contributed by atoms with van der Waals surface area (Å²) in [6.45, 7) is 5.23. The number of thiazole rings is 1. The van der Waals surface area contributed by atoms with E-state index in [9.17, 15) is 4.79 Å². The van der Waals surface area contributed by atoms with Gasteiger partial charge in [-0.1, -0.05) is 13.0 Å². The summed E-state index contributed by atoms with van der Waals surface area (Å²) in [4.78, 5) is 20.7. The standard InChI is InChI=1S/C17H21N5OS/c1-12-4-3-8-22-11-14(21-15(12)22)5-6-19-17(23)20-10-13(2)16-18-7-9-24-16/h3-4,7-9,11,13H,5-6,10H2,1-2H3,(H2,19,20,23)/t13-/m1/s1. The third-order valence-electron chi connectivity index (χ3n) is 3.84. The molecule has 2 amide bonds. The number of urea groups is 1. The summed E-state index contributed by atoms with van der Waals surface area (Å²) in [5.41, 5.74) is 3.08. The van der Waals surface area contributed by atoms with Crippen molar-refractivity contribution in [3.05, 3.63) is 52.4 Å². The summed E-state index contributed by atoms with van der Waals surface area (Å²) in [5, 5.41) is 8.74. The number of aryl methyl sites for hydroxylation is 1. The van der Waals surface area contributed by atoms with E-state index in [4.69, 9.17) is 0 Å². The molecule has 0 radical (unpaired) electrons. The number of carbonyl (C=O) groups excluding carboxylic acids is 1. The minimum Gasteiger partial charge on any atom is -0.338 e. The van der Waals surface area contributed by atoms with Crippen LogP contribution in [0.1, 0.15) is 29.1 Å². The van der Waals surface area contributed by atoms with Gasteiger partial charge in [-0.15, -0.1) is 11.3 Å². The normalized spacial score (nSPS) is 12.2. The second-order valence-electron chi connectivity index (χ2n) is 5.81. The Balaban J connectivity index is 1.43. The van der Waals surface area contributed by atoms with Crippen molar-refractivity contribution in [2.75, 3.05) is 13.1 Å². The predicted molar refractivity (Wildman–Crippen MR) is 95.6 cm³/mol. The van der Waals surface area contributed by atoms with Crippen LogP contribution in [0.25, 0.3) is 5.65 Å². The van der Waals surface area contributed by atoms with Crippen molar-refractivity contribution in [2.45, 2.75) is 26.2 Å². The molecule has 3 aromatic heterocycles. The summed E-state index contributed by atoms with van der Waals surface area (Å²) in [7, 11) is 0. The topological polar surface area (TPSA) is 71.3 Å². The Morgan fingerprint density at radius 2 is 2.29 bits per heavy atom. The fourth-order valence-corrected chi connectivity index (χ4v) is 3.20. The lowest BCUT2D eigenvalue weighted by Gasteiger charge is -2.10. The third-order valence-corrected chi connectivity index (χ3v) is 4.84. The van der Waals surface area contributed by atoms with Gasteiger partial charge in [-0.05, 0) is 18.6 Å². The lowest BCUT2D eigenvalue weighted by molar-refractivity contribution is 0.240. The highest BCUT2D eigenvalue weighted by atomic mass is 32.1. The first-order chi connectivity index (χ1) is 11.6. The molecule has 0 fully saturated rings. The van der Waals surface area contributed by atoms with Crippen LogP contribution in [0.15, 0.2) is 36.1 Å². The van der Waals surface area contributed by atoms with Gasteiger partial charge in [-0.2, -0.15) is 0 Å². The SMILES string of the molecule is Cc1cccn2cc(CCNC(=O)NC[C@@H](C)c3nccs3)nc12. The fraction of sp³-hybridized carbons (Fsp3) is 0.353. The third kappa shape index (κ3) is 3.91. The highest BCUT2D eigenvalue weighted by molar-refractivity contribution is 7.09. The molecule has 1 atom stereocenters. The van der Waals surface area contributed by atoms with Gasteiger partial charge < -0.3 is 15.0 Å². The minimum absolute atomic E-state index is 0.154. The van der Waals surface area contributed by atoms with Gasteiger partial charge in [0.15, 0.2) is 0 Å².